The lowest BCUT2D eigenvalue weighted by atomic mass is 9.99. The van der Waals surface area contributed by atoms with Gasteiger partial charge in [0, 0.05) is 0 Å². The summed E-state index contributed by atoms with van der Waals surface area (Å²) < 4.78 is 0. The quantitative estimate of drug-likeness (QED) is 0.725. The van der Waals surface area contributed by atoms with Gasteiger partial charge in [0.25, 0.3) is 0 Å². The molecule has 0 N–H and O–H groups in total. The summed E-state index contributed by atoms with van der Waals surface area (Å²) in [6.07, 6.45) is 2.14. The molecule has 0 fully saturated rings. The van der Waals surface area contributed by atoms with Gasteiger partial charge in [-0.05, 0) is 27.8 Å². The van der Waals surface area contributed by atoms with Gasteiger partial charge < -0.3 is 0 Å². The van der Waals surface area contributed by atoms with Crippen molar-refractivity contribution in [2.75, 3.05) is 0 Å². The summed E-state index contributed by atoms with van der Waals surface area (Å²) >= 11 is 0. The molecule has 0 saturated heterocycles. The molecule has 1 rings (SSSR count). The highest BCUT2D eigenvalue weighted by Gasteiger charge is 1.99. The van der Waals surface area contributed by atoms with E-state index in [-0.39, 0.29) is 0 Å². The van der Waals surface area contributed by atoms with Crippen molar-refractivity contribution in [1.29, 1.82) is 0 Å². The third-order valence-electron chi connectivity index (χ3n) is 2.92. The van der Waals surface area contributed by atoms with Gasteiger partial charge in [-0.25, -0.2) is 0 Å². The molecule has 0 aromatic heterocycles. The Balaban J connectivity index is 3.19. The van der Waals surface area contributed by atoms with Gasteiger partial charge in [-0.15, -0.1) is 0 Å². The number of rotatable bonds is 3. The largest absolute Gasteiger partial charge is 0.0955 e. The highest BCUT2D eigenvalue weighted by molar-refractivity contribution is 5.46. The SMILES string of the molecule is C=C(/C=c1/ccc(C(C)C)cc1=C)C(C)C. The zero-order valence-electron chi connectivity index (χ0n) is 10.9. The van der Waals surface area contributed by atoms with Crippen LogP contribution in [-0.4, -0.2) is 0 Å². The summed E-state index contributed by atoms with van der Waals surface area (Å²) in [6, 6.07) is 6.49. The molecule has 0 aliphatic rings. The first kappa shape index (κ1) is 12.8. The van der Waals surface area contributed by atoms with Crippen molar-refractivity contribution in [2.45, 2.75) is 33.6 Å². The molecular formula is C16H22. The molecule has 0 saturated carbocycles. The van der Waals surface area contributed by atoms with Crippen molar-refractivity contribution in [3.63, 3.8) is 0 Å². The number of benzene rings is 1. The second-order valence-corrected chi connectivity index (χ2v) is 4.99. The highest BCUT2D eigenvalue weighted by atomic mass is 14.0. The van der Waals surface area contributed by atoms with E-state index < -0.39 is 0 Å². The van der Waals surface area contributed by atoms with Crippen LogP contribution < -0.4 is 10.4 Å². The lowest BCUT2D eigenvalue weighted by molar-refractivity contribution is 0.805. The second-order valence-electron chi connectivity index (χ2n) is 4.99. The van der Waals surface area contributed by atoms with Crippen molar-refractivity contribution in [3.8, 4) is 0 Å². The molecule has 0 spiro atoms. The van der Waals surface area contributed by atoms with E-state index in [9.17, 15) is 0 Å². The van der Waals surface area contributed by atoms with Crippen molar-refractivity contribution < 1.29 is 0 Å². The van der Waals surface area contributed by atoms with Crippen LogP contribution in [0.25, 0.3) is 12.7 Å². The fourth-order valence-corrected chi connectivity index (χ4v) is 1.49. The second kappa shape index (κ2) is 5.16. The maximum Gasteiger partial charge on any atom is -0.0187 e. The minimum Gasteiger partial charge on any atom is -0.0955 e. The van der Waals surface area contributed by atoms with Crippen molar-refractivity contribution in [1.82, 2.24) is 0 Å². The van der Waals surface area contributed by atoms with Crippen LogP contribution in [0, 0.1) is 5.92 Å². The van der Waals surface area contributed by atoms with Crippen LogP contribution in [-0.2, 0) is 0 Å². The first-order valence-electron chi connectivity index (χ1n) is 5.91. The molecule has 0 atom stereocenters. The van der Waals surface area contributed by atoms with Crippen LogP contribution in [0.2, 0.25) is 0 Å². The Morgan fingerprint density at radius 3 is 2.25 bits per heavy atom. The Bertz CT molecular complexity index is 475. The molecule has 0 aliphatic heterocycles. The van der Waals surface area contributed by atoms with Crippen LogP contribution in [0.3, 0.4) is 0 Å². The Labute approximate surface area is 99.0 Å². The van der Waals surface area contributed by atoms with Gasteiger partial charge in [-0.1, -0.05) is 70.7 Å². The van der Waals surface area contributed by atoms with E-state index in [0.717, 1.165) is 10.8 Å². The van der Waals surface area contributed by atoms with Gasteiger partial charge >= 0.3 is 0 Å². The van der Waals surface area contributed by atoms with Gasteiger partial charge in [-0.2, -0.15) is 0 Å². The zero-order valence-corrected chi connectivity index (χ0v) is 10.9. The van der Waals surface area contributed by atoms with E-state index in [1.807, 2.05) is 0 Å². The van der Waals surface area contributed by atoms with E-state index in [1.54, 1.807) is 0 Å². The Morgan fingerprint density at radius 2 is 1.81 bits per heavy atom. The van der Waals surface area contributed by atoms with E-state index in [2.05, 4.69) is 65.1 Å². The molecule has 86 valence electrons. The molecule has 1 aromatic rings. The molecule has 0 heterocycles. The average molecular weight is 214 g/mol. The molecule has 0 heteroatoms. The van der Waals surface area contributed by atoms with Gasteiger partial charge in [-0.3, -0.25) is 0 Å². The number of hydrogen-bond donors (Lipinski definition) is 0. The normalized spacial score (nSPS) is 12.5. The fourth-order valence-electron chi connectivity index (χ4n) is 1.49. The lowest BCUT2D eigenvalue weighted by Crippen LogP contribution is -2.24. The molecule has 0 bridgehead atoms. The van der Waals surface area contributed by atoms with Crippen molar-refractivity contribution >= 4 is 12.7 Å². The van der Waals surface area contributed by atoms with Crippen LogP contribution in [0.15, 0.2) is 30.4 Å². The maximum atomic E-state index is 4.10. The first-order chi connectivity index (χ1) is 7.41. The van der Waals surface area contributed by atoms with E-state index in [4.69, 9.17) is 0 Å². The Kier molecular flexibility index (Phi) is 4.12. The first-order valence-corrected chi connectivity index (χ1v) is 5.91. The lowest BCUT2D eigenvalue weighted by Gasteiger charge is -2.06. The maximum absolute atomic E-state index is 4.10. The van der Waals surface area contributed by atoms with Gasteiger partial charge in [0.1, 0.15) is 0 Å². The average Bonchev–Trinajstić information content (AvgIpc) is 2.20. The number of allylic oxidation sites excluding steroid dienone is 1. The van der Waals surface area contributed by atoms with Crippen LogP contribution in [0.1, 0.15) is 39.2 Å². The smallest absolute Gasteiger partial charge is 0.0187 e. The molecule has 0 aliphatic carbocycles. The Hall–Kier alpha value is -1.30. The van der Waals surface area contributed by atoms with Gasteiger partial charge in [0.05, 0.1) is 0 Å². The third kappa shape index (κ3) is 3.10. The molecule has 1 aromatic carbocycles. The predicted molar refractivity (Wildman–Crippen MR) is 73.7 cm³/mol. The molecule has 0 radical (unpaired) electrons. The van der Waals surface area contributed by atoms with Crippen LogP contribution >= 0.6 is 0 Å². The zero-order chi connectivity index (χ0) is 12.3. The van der Waals surface area contributed by atoms with Crippen molar-refractivity contribution in [2.24, 2.45) is 5.92 Å². The molecule has 0 nitrogen and oxygen atoms in total. The molecular weight excluding hydrogens is 192 g/mol. The van der Waals surface area contributed by atoms with Crippen molar-refractivity contribution in [3.05, 3.63) is 46.4 Å². The fraction of sp³-hybridized carbons (Fsp3) is 0.375. The summed E-state index contributed by atoms with van der Waals surface area (Å²) in [5, 5.41) is 2.27. The number of hydrogen-bond acceptors (Lipinski definition) is 0. The third-order valence-corrected chi connectivity index (χ3v) is 2.92. The summed E-state index contributed by atoms with van der Waals surface area (Å²) in [7, 11) is 0. The molecule has 16 heavy (non-hydrogen) atoms. The monoisotopic (exact) mass is 214 g/mol. The van der Waals surface area contributed by atoms with Crippen LogP contribution in [0.4, 0.5) is 0 Å². The van der Waals surface area contributed by atoms with E-state index in [1.165, 1.54) is 10.8 Å². The highest BCUT2D eigenvalue weighted by Crippen LogP contribution is 2.10. The minimum atomic E-state index is 0.490. The summed E-state index contributed by atoms with van der Waals surface area (Å²) in [4.78, 5) is 0. The predicted octanol–water partition coefficient (Wildman–Crippen LogP) is 3.21. The molecule has 0 amide bonds. The molecule has 0 unspecified atom stereocenters. The van der Waals surface area contributed by atoms with Crippen LogP contribution in [0.5, 0.6) is 0 Å². The standard InChI is InChI=1S/C16H22/c1-11(2)13(5)9-16-8-7-15(12(3)4)10-14(16)6/h7-12H,5-6H2,1-4H3/b16-9-. The topological polar surface area (TPSA) is 0 Å². The minimum absolute atomic E-state index is 0.490. The van der Waals surface area contributed by atoms with Gasteiger partial charge in [0.2, 0.25) is 0 Å². The van der Waals surface area contributed by atoms with E-state index >= 15 is 0 Å². The van der Waals surface area contributed by atoms with Gasteiger partial charge in [0.15, 0.2) is 0 Å². The summed E-state index contributed by atoms with van der Waals surface area (Å²) in [5.74, 6) is 1.05. The summed E-state index contributed by atoms with van der Waals surface area (Å²) in [6.45, 7) is 16.9. The van der Waals surface area contributed by atoms with E-state index in [0.29, 0.717) is 11.8 Å². The Morgan fingerprint density at radius 1 is 1.19 bits per heavy atom. The summed E-state index contributed by atoms with van der Waals surface area (Å²) in [5.41, 5.74) is 2.50.